The molecular formula is C15H18F2O4. The molecule has 1 rings (SSSR count). The highest BCUT2D eigenvalue weighted by molar-refractivity contribution is 5.91. The Balaban J connectivity index is 2.95. The highest BCUT2D eigenvalue weighted by Crippen LogP contribution is 2.23. The summed E-state index contributed by atoms with van der Waals surface area (Å²) in [4.78, 5) is 23.2. The maximum Gasteiger partial charge on any atom is 0.338 e. The number of halogens is 2. The van der Waals surface area contributed by atoms with E-state index < -0.39 is 18.4 Å². The maximum atomic E-state index is 12.7. The first-order valence-corrected chi connectivity index (χ1v) is 6.73. The minimum atomic E-state index is -2.67. The summed E-state index contributed by atoms with van der Waals surface area (Å²) >= 11 is 0. The van der Waals surface area contributed by atoms with Crippen LogP contribution in [0.25, 0.3) is 0 Å². The summed E-state index contributed by atoms with van der Waals surface area (Å²) in [6.07, 6.45) is -2.36. The summed E-state index contributed by atoms with van der Waals surface area (Å²) in [7, 11) is 0. The van der Waals surface area contributed by atoms with Crippen LogP contribution < -0.4 is 0 Å². The summed E-state index contributed by atoms with van der Waals surface area (Å²) in [6.45, 7) is 3.75. The Morgan fingerprint density at radius 2 is 1.81 bits per heavy atom. The van der Waals surface area contributed by atoms with Crippen molar-refractivity contribution in [3.05, 3.63) is 34.9 Å². The van der Waals surface area contributed by atoms with E-state index in [1.165, 1.54) is 12.1 Å². The molecule has 0 aromatic heterocycles. The molecule has 1 aromatic carbocycles. The van der Waals surface area contributed by atoms with E-state index in [1.54, 1.807) is 13.8 Å². The molecule has 0 atom stereocenters. The number of rotatable bonds is 7. The Morgan fingerprint density at radius 1 is 1.14 bits per heavy atom. The smallest absolute Gasteiger partial charge is 0.338 e. The van der Waals surface area contributed by atoms with Crippen molar-refractivity contribution in [2.75, 3.05) is 13.2 Å². The number of carbonyl (C=O) groups is 2. The van der Waals surface area contributed by atoms with Gasteiger partial charge in [0, 0.05) is 12.0 Å². The molecule has 0 saturated heterocycles. The molecule has 4 nitrogen and oxygen atoms in total. The third kappa shape index (κ3) is 5.13. The number of ether oxygens (including phenoxy) is 2. The Bertz CT molecular complexity index is 500. The van der Waals surface area contributed by atoms with Crippen LogP contribution in [-0.2, 0) is 20.7 Å². The Labute approximate surface area is 122 Å². The Morgan fingerprint density at radius 3 is 2.38 bits per heavy atom. The number of carbonyl (C=O) groups excluding carboxylic acids is 2. The largest absolute Gasteiger partial charge is 0.466 e. The van der Waals surface area contributed by atoms with E-state index in [2.05, 4.69) is 0 Å². The van der Waals surface area contributed by atoms with Crippen LogP contribution in [0.2, 0.25) is 0 Å². The molecule has 0 heterocycles. The van der Waals surface area contributed by atoms with E-state index in [0.717, 1.165) is 6.07 Å². The maximum absolute atomic E-state index is 12.7. The van der Waals surface area contributed by atoms with Crippen molar-refractivity contribution < 1.29 is 27.8 Å². The summed E-state index contributed by atoms with van der Waals surface area (Å²) in [5.74, 6) is -1.07. The molecule has 0 spiro atoms. The third-order valence-electron chi connectivity index (χ3n) is 2.79. The van der Waals surface area contributed by atoms with Crippen LogP contribution in [0.4, 0.5) is 8.78 Å². The number of aryl methyl sites for hydroxylation is 1. The SMILES string of the molecule is CCOC(=O)CCc1ccc(C(F)F)cc1C(=O)OCC. The standard InChI is InChI=1S/C15H18F2O4/c1-3-20-13(18)8-7-10-5-6-11(14(16)17)9-12(10)15(19)21-4-2/h5-6,9,14H,3-4,7-8H2,1-2H3. The van der Waals surface area contributed by atoms with Gasteiger partial charge >= 0.3 is 11.9 Å². The summed E-state index contributed by atoms with van der Waals surface area (Å²) < 4.78 is 35.1. The van der Waals surface area contributed by atoms with Crippen LogP contribution in [0.15, 0.2) is 18.2 Å². The first-order chi connectivity index (χ1) is 9.99. The molecule has 0 fully saturated rings. The number of benzene rings is 1. The number of esters is 2. The van der Waals surface area contributed by atoms with Crippen molar-refractivity contribution in [1.29, 1.82) is 0 Å². The molecule has 0 aliphatic heterocycles. The van der Waals surface area contributed by atoms with Gasteiger partial charge in [-0.3, -0.25) is 4.79 Å². The highest BCUT2D eigenvalue weighted by atomic mass is 19.3. The van der Waals surface area contributed by atoms with Gasteiger partial charge in [-0.1, -0.05) is 12.1 Å². The molecule has 0 N–H and O–H groups in total. The Hall–Kier alpha value is -1.98. The van der Waals surface area contributed by atoms with Crippen molar-refractivity contribution in [3.8, 4) is 0 Å². The molecule has 116 valence electrons. The topological polar surface area (TPSA) is 52.6 Å². The minimum absolute atomic E-state index is 0.0685. The van der Waals surface area contributed by atoms with Gasteiger partial charge < -0.3 is 9.47 Å². The average Bonchev–Trinajstić information content (AvgIpc) is 2.45. The molecular weight excluding hydrogens is 282 g/mol. The van der Waals surface area contributed by atoms with Crippen LogP contribution in [0.1, 0.15) is 48.2 Å². The lowest BCUT2D eigenvalue weighted by Crippen LogP contribution is -2.11. The van der Waals surface area contributed by atoms with Gasteiger partial charge in [0.05, 0.1) is 18.8 Å². The summed E-state index contributed by atoms with van der Waals surface area (Å²) in [6, 6.07) is 3.78. The monoisotopic (exact) mass is 300 g/mol. The molecule has 0 radical (unpaired) electrons. The highest BCUT2D eigenvalue weighted by Gasteiger charge is 2.17. The van der Waals surface area contributed by atoms with E-state index in [1.807, 2.05) is 0 Å². The van der Waals surface area contributed by atoms with Crippen molar-refractivity contribution in [1.82, 2.24) is 0 Å². The van der Waals surface area contributed by atoms with Gasteiger partial charge in [-0.2, -0.15) is 0 Å². The zero-order chi connectivity index (χ0) is 15.8. The van der Waals surface area contributed by atoms with E-state index >= 15 is 0 Å². The van der Waals surface area contributed by atoms with E-state index in [9.17, 15) is 18.4 Å². The molecule has 0 aliphatic carbocycles. The van der Waals surface area contributed by atoms with Crippen molar-refractivity contribution in [3.63, 3.8) is 0 Å². The second-order valence-electron chi connectivity index (χ2n) is 4.24. The predicted molar refractivity (Wildman–Crippen MR) is 72.3 cm³/mol. The fourth-order valence-electron chi connectivity index (χ4n) is 1.82. The van der Waals surface area contributed by atoms with Crippen LogP contribution >= 0.6 is 0 Å². The zero-order valence-electron chi connectivity index (χ0n) is 12.0. The molecule has 0 unspecified atom stereocenters. The van der Waals surface area contributed by atoms with Gasteiger partial charge in [-0.15, -0.1) is 0 Å². The van der Waals surface area contributed by atoms with E-state index in [0.29, 0.717) is 5.56 Å². The van der Waals surface area contributed by atoms with Crippen LogP contribution in [0, 0.1) is 0 Å². The number of hydrogen-bond donors (Lipinski definition) is 0. The molecule has 1 aromatic rings. The van der Waals surface area contributed by atoms with Crippen molar-refractivity contribution >= 4 is 11.9 Å². The predicted octanol–water partition coefficient (Wildman–Crippen LogP) is 3.30. The summed E-state index contributed by atoms with van der Waals surface area (Å²) in [5, 5.41) is 0. The second-order valence-corrected chi connectivity index (χ2v) is 4.24. The van der Waals surface area contributed by atoms with Crippen LogP contribution in [-0.4, -0.2) is 25.2 Å². The molecule has 6 heteroatoms. The number of alkyl halides is 2. The van der Waals surface area contributed by atoms with Gasteiger partial charge in [0.2, 0.25) is 0 Å². The number of hydrogen-bond acceptors (Lipinski definition) is 4. The van der Waals surface area contributed by atoms with Crippen molar-refractivity contribution in [2.24, 2.45) is 0 Å². The molecule has 0 aliphatic rings. The first kappa shape index (κ1) is 17.1. The van der Waals surface area contributed by atoms with Crippen molar-refractivity contribution in [2.45, 2.75) is 33.1 Å². The molecule has 0 saturated carbocycles. The van der Waals surface area contributed by atoms with E-state index in [4.69, 9.17) is 9.47 Å². The minimum Gasteiger partial charge on any atom is -0.466 e. The fraction of sp³-hybridized carbons (Fsp3) is 0.467. The zero-order valence-corrected chi connectivity index (χ0v) is 12.0. The van der Waals surface area contributed by atoms with Gasteiger partial charge in [0.25, 0.3) is 6.43 Å². The van der Waals surface area contributed by atoms with Crippen LogP contribution in [0.3, 0.4) is 0 Å². The van der Waals surface area contributed by atoms with Gasteiger partial charge in [-0.25, -0.2) is 13.6 Å². The molecule has 0 bridgehead atoms. The van der Waals surface area contributed by atoms with Gasteiger partial charge in [0.15, 0.2) is 0 Å². The second kappa shape index (κ2) is 8.34. The lowest BCUT2D eigenvalue weighted by Gasteiger charge is -2.11. The quantitative estimate of drug-likeness (QED) is 0.725. The Kier molecular flexibility index (Phi) is 6.78. The lowest BCUT2D eigenvalue weighted by atomic mass is 10.00. The summed E-state index contributed by atoms with van der Waals surface area (Å²) in [5.41, 5.74) is 0.308. The average molecular weight is 300 g/mol. The molecule has 0 amide bonds. The first-order valence-electron chi connectivity index (χ1n) is 6.73. The van der Waals surface area contributed by atoms with E-state index in [-0.39, 0.29) is 37.2 Å². The van der Waals surface area contributed by atoms with Gasteiger partial charge in [0.1, 0.15) is 0 Å². The fourth-order valence-corrected chi connectivity index (χ4v) is 1.82. The van der Waals surface area contributed by atoms with Gasteiger partial charge in [-0.05, 0) is 31.9 Å². The normalized spacial score (nSPS) is 10.5. The van der Waals surface area contributed by atoms with Crippen LogP contribution in [0.5, 0.6) is 0 Å². The lowest BCUT2D eigenvalue weighted by molar-refractivity contribution is -0.143. The molecule has 21 heavy (non-hydrogen) atoms. The third-order valence-corrected chi connectivity index (χ3v) is 2.79.